The first kappa shape index (κ1) is 18.7. The van der Waals surface area contributed by atoms with Gasteiger partial charge in [-0.2, -0.15) is 0 Å². The second-order valence-corrected chi connectivity index (χ2v) is 6.82. The van der Waals surface area contributed by atoms with E-state index in [2.05, 4.69) is 4.99 Å². The molecule has 2 aromatic carbocycles. The maximum atomic E-state index is 12.3. The van der Waals surface area contributed by atoms with E-state index in [1.165, 1.54) is 16.7 Å². The van der Waals surface area contributed by atoms with E-state index in [1.54, 1.807) is 44.4 Å². The van der Waals surface area contributed by atoms with Crippen LogP contribution in [-0.4, -0.2) is 41.1 Å². The molecule has 2 aromatic rings. The molecule has 1 N–H and O–H groups in total. The highest BCUT2D eigenvalue weighted by Crippen LogP contribution is 2.33. The molecule has 0 saturated carbocycles. The first-order chi connectivity index (χ1) is 13.0. The fraction of sp³-hybridized carbons (Fsp3) is 0.150. The zero-order chi connectivity index (χ0) is 19.4. The fourth-order valence-electron chi connectivity index (χ4n) is 2.53. The van der Waals surface area contributed by atoms with Gasteiger partial charge in [0.25, 0.3) is 5.91 Å². The number of likely N-dealkylation sites (N-methyl/N-ethyl adjacent to an activating group) is 1. The van der Waals surface area contributed by atoms with Gasteiger partial charge in [0.15, 0.2) is 5.17 Å². The van der Waals surface area contributed by atoms with Crippen molar-refractivity contribution in [2.24, 2.45) is 4.99 Å². The maximum absolute atomic E-state index is 12.3. The molecule has 0 atom stereocenters. The number of carbonyl (C=O) groups excluding carboxylic acids is 1. The number of para-hydroxylation sites is 1. The predicted molar refractivity (Wildman–Crippen MR) is 106 cm³/mol. The number of carboxylic acid groups (broad SMARTS) is 1. The molecule has 0 aromatic heterocycles. The summed E-state index contributed by atoms with van der Waals surface area (Å²) in [6.45, 7) is 0.294. The van der Waals surface area contributed by atoms with E-state index in [0.717, 1.165) is 11.1 Å². The number of aliphatic imine (C=N–C) groups is 1. The van der Waals surface area contributed by atoms with Gasteiger partial charge in [0.1, 0.15) is 12.4 Å². The van der Waals surface area contributed by atoms with E-state index >= 15 is 0 Å². The smallest absolute Gasteiger partial charge is 0.335 e. The van der Waals surface area contributed by atoms with Crippen LogP contribution in [0.25, 0.3) is 6.08 Å². The number of nitrogens with zero attached hydrogens (tertiary/aromatic N) is 2. The molecule has 1 fully saturated rings. The Labute approximate surface area is 161 Å². The van der Waals surface area contributed by atoms with Crippen molar-refractivity contribution in [3.8, 4) is 5.75 Å². The van der Waals surface area contributed by atoms with E-state index < -0.39 is 5.97 Å². The zero-order valence-electron chi connectivity index (χ0n) is 14.9. The molecule has 7 heteroatoms. The summed E-state index contributed by atoms with van der Waals surface area (Å²) in [6, 6.07) is 14.0. The van der Waals surface area contributed by atoms with Crippen molar-refractivity contribution in [3.63, 3.8) is 0 Å². The first-order valence-electron chi connectivity index (χ1n) is 8.18. The highest BCUT2D eigenvalue weighted by atomic mass is 32.2. The lowest BCUT2D eigenvalue weighted by atomic mass is 10.1. The van der Waals surface area contributed by atoms with Crippen LogP contribution in [0.2, 0.25) is 0 Å². The molecule has 6 nitrogen and oxygen atoms in total. The van der Waals surface area contributed by atoms with Gasteiger partial charge in [0.05, 0.1) is 10.5 Å². The Kier molecular flexibility index (Phi) is 5.61. The van der Waals surface area contributed by atoms with Crippen molar-refractivity contribution in [1.82, 2.24) is 4.90 Å². The highest BCUT2D eigenvalue weighted by Gasteiger charge is 2.29. The Balaban J connectivity index is 1.77. The molecular formula is C20H18N2O4S. The molecule has 1 aliphatic heterocycles. The van der Waals surface area contributed by atoms with Crippen molar-refractivity contribution in [2.45, 2.75) is 6.61 Å². The molecular weight excluding hydrogens is 364 g/mol. The van der Waals surface area contributed by atoms with Crippen molar-refractivity contribution < 1.29 is 19.4 Å². The highest BCUT2D eigenvalue weighted by molar-refractivity contribution is 8.18. The lowest BCUT2D eigenvalue weighted by molar-refractivity contribution is -0.121. The monoisotopic (exact) mass is 382 g/mol. The number of aromatic carboxylic acids is 1. The third-order valence-electron chi connectivity index (χ3n) is 4.00. The minimum Gasteiger partial charge on any atom is -0.488 e. The maximum Gasteiger partial charge on any atom is 0.335 e. The summed E-state index contributed by atoms with van der Waals surface area (Å²) < 4.78 is 5.89. The van der Waals surface area contributed by atoms with E-state index in [4.69, 9.17) is 9.84 Å². The molecule has 1 heterocycles. The van der Waals surface area contributed by atoms with E-state index in [9.17, 15) is 9.59 Å². The number of hydrogen-bond acceptors (Lipinski definition) is 5. The number of hydrogen-bond donors (Lipinski definition) is 1. The summed E-state index contributed by atoms with van der Waals surface area (Å²) in [5.74, 6) is -0.414. The van der Waals surface area contributed by atoms with Crippen LogP contribution in [0, 0.1) is 0 Å². The van der Waals surface area contributed by atoms with Gasteiger partial charge in [-0.15, -0.1) is 0 Å². The van der Waals surface area contributed by atoms with Crippen LogP contribution in [0.3, 0.4) is 0 Å². The summed E-state index contributed by atoms with van der Waals surface area (Å²) in [5, 5.41) is 9.61. The molecule has 0 bridgehead atoms. The Morgan fingerprint density at radius 3 is 2.56 bits per heavy atom. The molecule has 1 amide bonds. The number of thioether (sulfide) groups is 1. The lowest BCUT2D eigenvalue weighted by Gasteiger charge is -2.10. The third-order valence-corrected chi connectivity index (χ3v) is 5.15. The predicted octanol–water partition coefficient (Wildman–Crippen LogP) is 3.50. The van der Waals surface area contributed by atoms with E-state index in [0.29, 0.717) is 22.4 Å². The Morgan fingerprint density at radius 1 is 1.22 bits per heavy atom. The topological polar surface area (TPSA) is 79.2 Å². The number of amidine groups is 1. The average Bonchev–Trinajstić information content (AvgIpc) is 2.95. The number of carboxylic acids is 1. The van der Waals surface area contributed by atoms with Gasteiger partial charge < -0.3 is 9.84 Å². The molecule has 0 aliphatic carbocycles. The normalized spacial score (nSPS) is 17.0. The quantitative estimate of drug-likeness (QED) is 0.801. The SMILES string of the molecule is CN=C1S/C(=C/c2ccccc2OCc2ccc(C(=O)O)cc2)C(=O)N1C. The van der Waals surface area contributed by atoms with E-state index in [1.807, 2.05) is 24.3 Å². The van der Waals surface area contributed by atoms with Gasteiger partial charge in [-0.25, -0.2) is 4.79 Å². The number of benzene rings is 2. The summed E-state index contributed by atoms with van der Waals surface area (Å²) >= 11 is 1.33. The number of carbonyl (C=O) groups is 2. The Bertz CT molecular complexity index is 935. The van der Waals surface area contributed by atoms with Crippen molar-refractivity contribution in [1.29, 1.82) is 0 Å². The van der Waals surface area contributed by atoms with Crippen molar-refractivity contribution in [3.05, 3.63) is 70.1 Å². The molecule has 138 valence electrons. The zero-order valence-corrected chi connectivity index (χ0v) is 15.7. The minimum atomic E-state index is -0.960. The van der Waals surface area contributed by atoms with Crippen LogP contribution in [0.15, 0.2) is 58.4 Å². The van der Waals surface area contributed by atoms with Gasteiger partial charge >= 0.3 is 5.97 Å². The van der Waals surface area contributed by atoms with Crippen LogP contribution in [-0.2, 0) is 11.4 Å². The number of rotatable bonds is 5. The second kappa shape index (κ2) is 8.09. The molecule has 1 aliphatic rings. The van der Waals surface area contributed by atoms with Crippen LogP contribution in [0.5, 0.6) is 5.75 Å². The van der Waals surface area contributed by atoms with Crippen LogP contribution < -0.4 is 4.74 Å². The van der Waals surface area contributed by atoms with Gasteiger partial charge in [-0.3, -0.25) is 14.7 Å². The number of amides is 1. The molecule has 27 heavy (non-hydrogen) atoms. The minimum absolute atomic E-state index is 0.0975. The Hall–Kier alpha value is -3.06. The van der Waals surface area contributed by atoms with Gasteiger partial charge in [-0.1, -0.05) is 30.3 Å². The largest absolute Gasteiger partial charge is 0.488 e. The molecule has 0 spiro atoms. The summed E-state index contributed by atoms with van der Waals surface area (Å²) in [6.07, 6.45) is 1.80. The lowest BCUT2D eigenvalue weighted by Crippen LogP contribution is -2.23. The molecule has 3 rings (SSSR count). The first-order valence-corrected chi connectivity index (χ1v) is 8.99. The van der Waals surface area contributed by atoms with Crippen LogP contribution >= 0.6 is 11.8 Å². The van der Waals surface area contributed by atoms with Gasteiger partial charge in [-0.05, 0) is 41.6 Å². The third kappa shape index (κ3) is 4.20. The van der Waals surface area contributed by atoms with Crippen LogP contribution in [0.1, 0.15) is 21.5 Å². The molecule has 1 saturated heterocycles. The molecule has 0 unspecified atom stereocenters. The Morgan fingerprint density at radius 2 is 1.93 bits per heavy atom. The standard InChI is InChI=1S/C20H18N2O4S/c1-21-20-22(2)18(23)17(27-20)11-15-5-3-4-6-16(15)26-12-13-7-9-14(10-8-13)19(24)25/h3-11H,12H2,1-2H3,(H,24,25)/b17-11+,21-20?. The fourth-order valence-corrected chi connectivity index (χ4v) is 3.44. The van der Waals surface area contributed by atoms with Gasteiger partial charge in [0.2, 0.25) is 0 Å². The van der Waals surface area contributed by atoms with Crippen molar-refractivity contribution in [2.75, 3.05) is 14.1 Å². The van der Waals surface area contributed by atoms with Crippen LogP contribution in [0.4, 0.5) is 0 Å². The van der Waals surface area contributed by atoms with Gasteiger partial charge in [0, 0.05) is 19.7 Å². The summed E-state index contributed by atoms with van der Waals surface area (Å²) in [7, 11) is 3.35. The van der Waals surface area contributed by atoms with Crippen molar-refractivity contribution >= 4 is 34.9 Å². The second-order valence-electron chi connectivity index (χ2n) is 5.81. The summed E-state index contributed by atoms with van der Waals surface area (Å²) in [4.78, 5) is 29.4. The molecule has 0 radical (unpaired) electrons. The average molecular weight is 382 g/mol. The van der Waals surface area contributed by atoms with E-state index in [-0.39, 0.29) is 11.5 Å². The number of ether oxygens (including phenoxy) is 1. The summed E-state index contributed by atoms with van der Waals surface area (Å²) in [5.41, 5.74) is 1.88.